The van der Waals surface area contributed by atoms with E-state index in [1.54, 1.807) is 17.4 Å². The summed E-state index contributed by atoms with van der Waals surface area (Å²) in [5.41, 5.74) is 2.18. The standard InChI is InChI=1S/C18H20N2OS/c1-18(2)11-14(10-15(21)12-18)20-16(17-19-8-9-22-17)13-6-4-3-5-7-13/h3-10,16,20H,11-12H2,1-2H3. The highest BCUT2D eigenvalue weighted by Crippen LogP contribution is 2.34. The van der Waals surface area contributed by atoms with E-state index in [0.29, 0.717) is 6.42 Å². The molecule has 0 bridgehead atoms. The van der Waals surface area contributed by atoms with Crippen molar-refractivity contribution >= 4 is 17.1 Å². The zero-order valence-electron chi connectivity index (χ0n) is 12.9. The molecule has 0 aliphatic heterocycles. The van der Waals surface area contributed by atoms with E-state index in [9.17, 15) is 4.79 Å². The Labute approximate surface area is 135 Å². The molecule has 4 heteroatoms. The number of aromatic nitrogens is 1. The topological polar surface area (TPSA) is 42.0 Å². The highest BCUT2D eigenvalue weighted by atomic mass is 32.1. The SMILES string of the molecule is CC1(C)CC(=O)C=C(NC(c2ccccc2)c2nccs2)C1. The molecule has 0 fully saturated rings. The van der Waals surface area contributed by atoms with Crippen LogP contribution in [0.4, 0.5) is 0 Å². The van der Waals surface area contributed by atoms with Gasteiger partial charge in [-0.1, -0.05) is 44.2 Å². The molecule has 1 aromatic heterocycles. The number of nitrogens with one attached hydrogen (secondary N) is 1. The molecule has 0 amide bonds. The van der Waals surface area contributed by atoms with Crippen molar-refractivity contribution < 1.29 is 4.79 Å². The van der Waals surface area contributed by atoms with Gasteiger partial charge in [0.15, 0.2) is 5.78 Å². The number of carbonyl (C=O) groups is 1. The van der Waals surface area contributed by atoms with Crippen molar-refractivity contribution in [1.82, 2.24) is 10.3 Å². The zero-order valence-corrected chi connectivity index (χ0v) is 13.7. The predicted octanol–water partition coefficient (Wildman–Crippen LogP) is 4.10. The van der Waals surface area contributed by atoms with Gasteiger partial charge in [-0.3, -0.25) is 4.79 Å². The molecule has 1 aliphatic rings. The summed E-state index contributed by atoms with van der Waals surface area (Å²) < 4.78 is 0. The molecule has 1 aromatic carbocycles. The molecule has 0 radical (unpaired) electrons. The van der Waals surface area contributed by atoms with Crippen LogP contribution in [-0.2, 0) is 4.79 Å². The summed E-state index contributed by atoms with van der Waals surface area (Å²) in [7, 11) is 0. The Bertz CT molecular complexity index is 674. The van der Waals surface area contributed by atoms with Crippen LogP contribution in [-0.4, -0.2) is 10.8 Å². The van der Waals surface area contributed by atoms with Crippen LogP contribution in [0.25, 0.3) is 0 Å². The molecule has 3 rings (SSSR count). The first-order chi connectivity index (χ1) is 10.5. The van der Waals surface area contributed by atoms with Crippen LogP contribution in [0, 0.1) is 5.41 Å². The van der Waals surface area contributed by atoms with E-state index in [-0.39, 0.29) is 17.2 Å². The van der Waals surface area contributed by atoms with Gasteiger partial charge in [-0.15, -0.1) is 11.3 Å². The maximum atomic E-state index is 12.0. The van der Waals surface area contributed by atoms with Crippen molar-refractivity contribution in [3.05, 3.63) is 64.3 Å². The first-order valence-corrected chi connectivity index (χ1v) is 8.36. The fourth-order valence-corrected chi connectivity index (χ4v) is 3.65. The van der Waals surface area contributed by atoms with E-state index < -0.39 is 0 Å². The fourth-order valence-electron chi connectivity index (χ4n) is 2.93. The van der Waals surface area contributed by atoms with Crippen molar-refractivity contribution in [2.24, 2.45) is 5.41 Å². The van der Waals surface area contributed by atoms with Crippen molar-refractivity contribution in [2.75, 3.05) is 0 Å². The van der Waals surface area contributed by atoms with Crippen molar-refractivity contribution in [1.29, 1.82) is 0 Å². The number of rotatable bonds is 4. The minimum absolute atomic E-state index is 0.00542. The van der Waals surface area contributed by atoms with Crippen molar-refractivity contribution in [3.8, 4) is 0 Å². The van der Waals surface area contributed by atoms with E-state index in [1.807, 2.05) is 29.8 Å². The molecule has 1 aliphatic carbocycles. The van der Waals surface area contributed by atoms with Gasteiger partial charge in [0.25, 0.3) is 0 Å². The Morgan fingerprint density at radius 3 is 2.64 bits per heavy atom. The number of thiazole rings is 1. The van der Waals surface area contributed by atoms with Crippen LogP contribution in [0.15, 0.2) is 53.7 Å². The lowest BCUT2D eigenvalue weighted by Crippen LogP contribution is -2.30. The second-order valence-corrected chi connectivity index (χ2v) is 7.44. The van der Waals surface area contributed by atoms with Gasteiger partial charge in [0.05, 0.1) is 0 Å². The van der Waals surface area contributed by atoms with Gasteiger partial charge in [-0.2, -0.15) is 0 Å². The average Bonchev–Trinajstić information content (AvgIpc) is 2.97. The summed E-state index contributed by atoms with van der Waals surface area (Å²) in [6.45, 7) is 4.28. The molecular formula is C18H20N2OS. The van der Waals surface area contributed by atoms with Gasteiger partial charge in [0.1, 0.15) is 11.0 Å². The van der Waals surface area contributed by atoms with Gasteiger partial charge in [0.2, 0.25) is 0 Å². The third-order valence-corrected chi connectivity index (χ3v) is 4.66. The molecule has 0 saturated carbocycles. The Hall–Kier alpha value is -1.94. The molecule has 1 N–H and O–H groups in total. The Kier molecular flexibility index (Phi) is 4.12. The number of allylic oxidation sites excluding steroid dienone is 2. The van der Waals surface area contributed by atoms with Gasteiger partial charge in [-0.05, 0) is 17.4 Å². The number of benzene rings is 1. The quantitative estimate of drug-likeness (QED) is 0.924. The van der Waals surface area contributed by atoms with Crippen LogP contribution >= 0.6 is 11.3 Å². The molecule has 3 nitrogen and oxygen atoms in total. The van der Waals surface area contributed by atoms with E-state index in [2.05, 4.69) is 36.3 Å². The molecule has 1 atom stereocenters. The Balaban J connectivity index is 1.90. The molecule has 0 saturated heterocycles. The summed E-state index contributed by atoms with van der Waals surface area (Å²) in [5.74, 6) is 0.199. The number of hydrogen-bond donors (Lipinski definition) is 1. The van der Waals surface area contributed by atoms with E-state index in [1.165, 1.54) is 0 Å². The second-order valence-electron chi connectivity index (χ2n) is 6.51. The monoisotopic (exact) mass is 312 g/mol. The lowest BCUT2D eigenvalue weighted by Gasteiger charge is -2.31. The number of hydrogen-bond acceptors (Lipinski definition) is 4. The van der Waals surface area contributed by atoms with Gasteiger partial charge >= 0.3 is 0 Å². The lowest BCUT2D eigenvalue weighted by molar-refractivity contribution is -0.117. The lowest BCUT2D eigenvalue weighted by atomic mass is 9.78. The summed E-state index contributed by atoms with van der Waals surface area (Å²) in [6.07, 6.45) is 5.08. The number of nitrogens with zero attached hydrogens (tertiary/aromatic N) is 1. The summed E-state index contributed by atoms with van der Waals surface area (Å²) in [6, 6.07) is 10.2. The smallest absolute Gasteiger partial charge is 0.157 e. The van der Waals surface area contributed by atoms with Gasteiger partial charge < -0.3 is 5.32 Å². The highest BCUT2D eigenvalue weighted by molar-refractivity contribution is 7.09. The van der Waals surface area contributed by atoms with Crippen LogP contribution < -0.4 is 5.32 Å². The molecule has 22 heavy (non-hydrogen) atoms. The second kappa shape index (κ2) is 6.05. The van der Waals surface area contributed by atoms with Crippen molar-refractivity contribution in [3.63, 3.8) is 0 Å². The molecule has 1 unspecified atom stereocenters. The molecule has 0 spiro atoms. The zero-order chi connectivity index (χ0) is 15.6. The third-order valence-electron chi connectivity index (χ3n) is 3.82. The van der Waals surface area contributed by atoms with Crippen LogP contribution in [0.2, 0.25) is 0 Å². The third kappa shape index (κ3) is 3.45. The summed E-state index contributed by atoms with van der Waals surface area (Å²) in [5, 5.41) is 6.55. The summed E-state index contributed by atoms with van der Waals surface area (Å²) in [4.78, 5) is 16.4. The largest absolute Gasteiger partial charge is 0.375 e. The van der Waals surface area contributed by atoms with E-state index in [0.717, 1.165) is 22.7 Å². The summed E-state index contributed by atoms with van der Waals surface area (Å²) >= 11 is 1.63. The van der Waals surface area contributed by atoms with E-state index in [4.69, 9.17) is 0 Å². The minimum Gasteiger partial charge on any atom is -0.375 e. The van der Waals surface area contributed by atoms with Crippen LogP contribution in [0.1, 0.15) is 43.3 Å². The fraction of sp³-hybridized carbons (Fsp3) is 0.333. The highest BCUT2D eigenvalue weighted by Gasteiger charge is 2.29. The molecule has 1 heterocycles. The van der Waals surface area contributed by atoms with Gasteiger partial charge in [0, 0.05) is 29.8 Å². The van der Waals surface area contributed by atoms with Crippen LogP contribution in [0.5, 0.6) is 0 Å². The van der Waals surface area contributed by atoms with Crippen LogP contribution in [0.3, 0.4) is 0 Å². The molecule has 114 valence electrons. The molecular weight excluding hydrogens is 292 g/mol. The minimum atomic E-state index is -0.00542. The predicted molar refractivity (Wildman–Crippen MR) is 89.6 cm³/mol. The van der Waals surface area contributed by atoms with Gasteiger partial charge in [-0.25, -0.2) is 4.98 Å². The number of ketones is 1. The number of carbonyl (C=O) groups excluding carboxylic acids is 1. The Morgan fingerprint density at radius 2 is 2.00 bits per heavy atom. The Morgan fingerprint density at radius 1 is 1.23 bits per heavy atom. The first kappa shape index (κ1) is 15.0. The molecule has 2 aromatic rings. The maximum absolute atomic E-state index is 12.0. The average molecular weight is 312 g/mol. The van der Waals surface area contributed by atoms with Crippen molar-refractivity contribution in [2.45, 2.75) is 32.7 Å². The first-order valence-electron chi connectivity index (χ1n) is 7.48. The van der Waals surface area contributed by atoms with E-state index >= 15 is 0 Å². The maximum Gasteiger partial charge on any atom is 0.157 e. The normalized spacial score (nSPS) is 18.6.